The van der Waals surface area contributed by atoms with Gasteiger partial charge in [0.15, 0.2) is 0 Å². The molecule has 2 aromatic heterocycles. The van der Waals surface area contributed by atoms with Crippen molar-refractivity contribution >= 4 is 21.4 Å². The van der Waals surface area contributed by atoms with Gasteiger partial charge in [-0.2, -0.15) is 18.3 Å². The van der Waals surface area contributed by atoms with Crippen LogP contribution in [0, 0.1) is 0 Å². The second-order valence-electron chi connectivity index (χ2n) is 8.87. The summed E-state index contributed by atoms with van der Waals surface area (Å²) in [5.74, 6) is -0.0660. The molecule has 34 heavy (non-hydrogen) atoms. The highest BCUT2D eigenvalue weighted by atomic mass is 32.2. The van der Waals surface area contributed by atoms with E-state index in [9.17, 15) is 26.7 Å². The van der Waals surface area contributed by atoms with E-state index in [1.165, 1.54) is 7.05 Å². The van der Waals surface area contributed by atoms with Crippen molar-refractivity contribution in [2.45, 2.75) is 63.7 Å². The summed E-state index contributed by atoms with van der Waals surface area (Å²) in [4.78, 5) is 2.13. The monoisotopic (exact) mass is 522 g/mol. The molecule has 0 radical (unpaired) electrons. The number of hydrogen-bond acceptors (Lipinski definition) is 7. The number of sulfonamides is 1. The Labute approximate surface area is 200 Å². The van der Waals surface area contributed by atoms with Crippen molar-refractivity contribution in [3.05, 3.63) is 38.8 Å². The molecule has 1 fully saturated rings. The number of halogens is 3. The standard InChI is InChI=1S/C21H29F3N4O4S2/c1-14-9-20(18-16(3-7-32-20)17(13-29)19(33-18)21(22,23)24)4-5-27(14)11-15-10-26-28(12-15)6-8-34(30,31)25-2/h10,12,14,25,29H,3-9,11,13H2,1-2H3/t14-,20+/m0/s1. The Kier molecular flexibility index (Phi) is 7.15. The van der Waals surface area contributed by atoms with Gasteiger partial charge in [0.25, 0.3) is 0 Å². The van der Waals surface area contributed by atoms with E-state index < -0.39 is 33.3 Å². The Morgan fingerprint density at radius 3 is 2.82 bits per heavy atom. The predicted octanol–water partition coefficient (Wildman–Crippen LogP) is 2.46. The van der Waals surface area contributed by atoms with Crippen LogP contribution in [0.25, 0.3) is 0 Å². The van der Waals surface area contributed by atoms with E-state index in [1.807, 2.05) is 13.1 Å². The third-order valence-electron chi connectivity index (χ3n) is 6.70. The van der Waals surface area contributed by atoms with Crippen molar-refractivity contribution < 1.29 is 31.4 Å². The van der Waals surface area contributed by atoms with Crippen LogP contribution < -0.4 is 4.72 Å². The van der Waals surface area contributed by atoms with Gasteiger partial charge in [0.2, 0.25) is 10.0 Å². The number of fused-ring (bicyclic) bond motifs is 2. The van der Waals surface area contributed by atoms with Crippen LogP contribution in [0.15, 0.2) is 12.4 Å². The third kappa shape index (κ3) is 5.05. The summed E-state index contributed by atoms with van der Waals surface area (Å²) in [6, 6.07) is 0.0433. The lowest BCUT2D eigenvalue weighted by Gasteiger charge is -2.47. The lowest BCUT2D eigenvalue weighted by molar-refractivity contribution is -0.135. The molecule has 8 nitrogen and oxygen atoms in total. The molecule has 4 rings (SSSR count). The van der Waals surface area contributed by atoms with Crippen LogP contribution >= 0.6 is 11.3 Å². The summed E-state index contributed by atoms with van der Waals surface area (Å²) in [6.07, 6.45) is 0.514. The number of likely N-dealkylation sites (tertiary alicyclic amines) is 1. The Morgan fingerprint density at radius 2 is 2.18 bits per heavy atom. The largest absolute Gasteiger partial charge is 0.425 e. The molecule has 1 spiro atoms. The Bertz CT molecular complexity index is 1130. The van der Waals surface area contributed by atoms with E-state index in [1.54, 1.807) is 10.9 Å². The van der Waals surface area contributed by atoms with Crippen LogP contribution in [-0.4, -0.2) is 60.2 Å². The van der Waals surface area contributed by atoms with Crippen molar-refractivity contribution in [3.63, 3.8) is 0 Å². The first-order valence-electron chi connectivity index (χ1n) is 11.1. The smallest absolute Gasteiger partial charge is 0.392 e. The number of aliphatic hydroxyl groups excluding tert-OH is 1. The van der Waals surface area contributed by atoms with Crippen LogP contribution in [0.2, 0.25) is 0 Å². The maximum Gasteiger partial charge on any atom is 0.425 e. The molecule has 2 N–H and O–H groups in total. The van der Waals surface area contributed by atoms with Crippen LogP contribution in [0.3, 0.4) is 0 Å². The maximum atomic E-state index is 13.6. The van der Waals surface area contributed by atoms with Crippen LogP contribution in [0.5, 0.6) is 0 Å². The molecule has 13 heteroatoms. The molecule has 1 saturated heterocycles. The first kappa shape index (κ1) is 25.6. The summed E-state index contributed by atoms with van der Waals surface area (Å²) in [7, 11) is -1.94. The van der Waals surface area contributed by atoms with Crippen molar-refractivity contribution in [1.29, 1.82) is 0 Å². The average Bonchev–Trinajstić information content (AvgIpc) is 3.39. The molecule has 4 heterocycles. The molecule has 0 amide bonds. The summed E-state index contributed by atoms with van der Waals surface area (Å²) in [5, 5.41) is 13.9. The topological polar surface area (TPSA) is 96.7 Å². The van der Waals surface area contributed by atoms with Crippen LogP contribution in [0.1, 0.15) is 46.2 Å². The van der Waals surface area contributed by atoms with Gasteiger partial charge in [0.1, 0.15) is 10.5 Å². The van der Waals surface area contributed by atoms with E-state index >= 15 is 0 Å². The Balaban J connectivity index is 1.47. The molecular formula is C21H29F3N4O4S2. The highest BCUT2D eigenvalue weighted by molar-refractivity contribution is 7.89. The normalized spacial score (nSPS) is 24.0. The first-order chi connectivity index (χ1) is 16.0. The number of aryl methyl sites for hydroxylation is 1. The molecular weight excluding hydrogens is 493 g/mol. The van der Waals surface area contributed by atoms with Gasteiger partial charge in [-0.15, -0.1) is 11.3 Å². The number of nitrogens with zero attached hydrogens (tertiary/aromatic N) is 3. The highest BCUT2D eigenvalue weighted by Gasteiger charge is 2.48. The summed E-state index contributed by atoms with van der Waals surface area (Å²) in [5.41, 5.74) is 0.767. The SMILES string of the molecule is CNS(=O)(=O)CCn1cc(CN2CC[C@]3(C[C@@H]2C)OCCc2c3sc(C(F)(F)F)c2CO)cn1. The Morgan fingerprint density at radius 1 is 1.41 bits per heavy atom. The van der Waals surface area contributed by atoms with Gasteiger partial charge in [0, 0.05) is 41.3 Å². The zero-order valence-corrected chi connectivity index (χ0v) is 20.7. The zero-order chi connectivity index (χ0) is 24.7. The van der Waals surface area contributed by atoms with Gasteiger partial charge in [-0.3, -0.25) is 9.58 Å². The van der Waals surface area contributed by atoms with Crippen molar-refractivity contribution in [2.75, 3.05) is 26.0 Å². The minimum Gasteiger partial charge on any atom is -0.392 e. The fraction of sp³-hybridized carbons (Fsp3) is 0.667. The number of rotatable bonds is 7. The van der Waals surface area contributed by atoms with Gasteiger partial charge < -0.3 is 9.84 Å². The maximum absolute atomic E-state index is 13.6. The van der Waals surface area contributed by atoms with Gasteiger partial charge in [-0.05, 0) is 38.8 Å². The number of aromatic nitrogens is 2. The molecule has 0 unspecified atom stereocenters. The first-order valence-corrected chi connectivity index (χ1v) is 13.6. The molecule has 0 bridgehead atoms. The molecule has 2 aliphatic rings. The molecule has 0 aliphatic carbocycles. The second kappa shape index (κ2) is 9.51. The fourth-order valence-corrected chi connectivity index (χ4v) is 6.97. The quantitative estimate of drug-likeness (QED) is 0.580. The molecule has 2 aromatic rings. The number of piperidine rings is 1. The van der Waals surface area contributed by atoms with Crippen molar-refractivity contribution in [1.82, 2.24) is 19.4 Å². The molecule has 2 aliphatic heterocycles. The highest BCUT2D eigenvalue weighted by Crippen LogP contribution is 2.51. The van der Waals surface area contributed by atoms with Crippen molar-refractivity contribution in [2.24, 2.45) is 0 Å². The van der Waals surface area contributed by atoms with E-state index in [-0.39, 0.29) is 23.9 Å². The third-order valence-corrected chi connectivity index (χ3v) is 9.55. The van der Waals surface area contributed by atoms with Crippen LogP contribution in [0.4, 0.5) is 13.2 Å². The summed E-state index contributed by atoms with van der Waals surface area (Å²) < 4.78 is 74.1. The number of nitrogens with one attached hydrogen (secondary N) is 1. The van der Waals surface area contributed by atoms with Crippen molar-refractivity contribution in [3.8, 4) is 0 Å². The lowest BCUT2D eigenvalue weighted by atomic mass is 9.81. The number of alkyl halides is 3. The number of aliphatic hydroxyl groups is 1. The number of thiophene rings is 1. The van der Waals surface area contributed by atoms with Gasteiger partial charge in [0.05, 0.1) is 31.7 Å². The molecule has 0 saturated carbocycles. The van der Waals surface area contributed by atoms with Gasteiger partial charge in [-0.1, -0.05) is 0 Å². The zero-order valence-electron chi connectivity index (χ0n) is 19.1. The van der Waals surface area contributed by atoms with E-state index in [4.69, 9.17) is 4.74 Å². The molecule has 2 atom stereocenters. The summed E-state index contributed by atoms with van der Waals surface area (Å²) >= 11 is 0.723. The Hall–Kier alpha value is -1.51. The average molecular weight is 523 g/mol. The van der Waals surface area contributed by atoms with E-state index in [0.29, 0.717) is 49.4 Å². The number of ether oxygens (including phenoxy) is 1. The molecule has 190 valence electrons. The summed E-state index contributed by atoms with van der Waals surface area (Å²) in [6.45, 7) is 3.22. The number of hydrogen-bond donors (Lipinski definition) is 2. The minimum atomic E-state index is -4.50. The minimum absolute atomic E-state index is 0.00189. The van der Waals surface area contributed by atoms with Gasteiger partial charge in [-0.25, -0.2) is 13.1 Å². The molecule has 0 aromatic carbocycles. The lowest BCUT2D eigenvalue weighted by Crippen LogP contribution is -2.50. The fourth-order valence-electron chi connectivity index (χ4n) is 4.93. The predicted molar refractivity (Wildman–Crippen MR) is 121 cm³/mol. The van der Waals surface area contributed by atoms with E-state index in [2.05, 4.69) is 14.7 Å². The van der Waals surface area contributed by atoms with E-state index in [0.717, 1.165) is 16.9 Å². The van der Waals surface area contributed by atoms with Gasteiger partial charge >= 0.3 is 6.18 Å². The second-order valence-corrected chi connectivity index (χ2v) is 11.9. The van der Waals surface area contributed by atoms with Crippen LogP contribution in [-0.2, 0) is 52.7 Å².